The number of allylic oxidation sites excluding steroid dienone is 4. The number of fused-ring (bicyclic) bond motifs is 5. The third-order valence-electron chi connectivity index (χ3n) is 9.70. The van der Waals surface area contributed by atoms with E-state index in [9.17, 15) is 0 Å². The Morgan fingerprint density at radius 1 is 0.680 bits per heavy atom. The number of rotatable bonds is 7. The van der Waals surface area contributed by atoms with Crippen LogP contribution in [0.5, 0.6) is 0 Å². The van der Waals surface area contributed by atoms with E-state index in [1.165, 1.54) is 38.2 Å². The first-order chi connectivity index (χ1) is 24.5. The van der Waals surface area contributed by atoms with Gasteiger partial charge in [-0.25, -0.2) is 0 Å². The van der Waals surface area contributed by atoms with E-state index in [4.69, 9.17) is 10.7 Å². The predicted octanol–water partition coefficient (Wildman–Crippen LogP) is 12.1. The predicted molar refractivity (Wildman–Crippen MR) is 213 cm³/mol. The van der Waals surface area contributed by atoms with Gasteiger partial charge in [0.15, 0.2) is 0 Å². The zero-order chi connectivity index (χ0) is 34.2. The van der Waals surface area contributed by atoms with Gasteiger partial charge in [0.25, 0.3) is 0 Å². The monoisotopic (exact) mass is 643 g/mol. The fourth-order valence-electron chi connectivity index (χ4n) is 7.21. The number of aryl methyl sites for hydroxylation is 1. The molecular formula is C47H37N3. The van der Waals surface area contributed by atoms with Gasteiger partial charge < -0.3 is 10.3 Å². The van der Waals surface area contributed by atoms with Gasteiger partial charge >= 0.3 is 0 Å². The molecule has 0 aliphatic heterocycles. The minimum Gasteiger partial charge on any atom is -0.398 e. The van der Waals surface area contributed by atoms with Crippen LogP contribution < -0.4 is 5.73 Å². The molecule has 0 saturated heterocycles. The molecule has 2 N–H and O–H groups in total. The highest BCUT2D eigenvalue weighted by Gasteiger charge is 2.18. The lowest BCUT2D eigenvalue weighted by molar-refractivity contribution is 1.19. The summed E-state index contributed by atoms with van der Waals surface area (Å²) in [7, 11) is 0. The van der Waals surface area contributed by atoms with Crippen LogP contribution in [0, 0.1) is 6.92 Å². The third-order valence-corrected chi connectivity index (χ3v) is 9.70. The number of benzene rings is 6. The Kier molecular flexibility index (Phi) is 7.94. The zero-order valence-corrected chi connectivity index (χ0v) is 28.3. The van der Waals surface area contributed by atoms with E-state index >= 15 is 0 Å². The number of aromatic nitrogens is 2. The van der Waals surface area contributed by atoms with Gasteiger partial charge in [-0.05, 0) is 83.0 Å². The van der Waals surface area contributed by atoms with Gasteiger partial charge in [0.1, 0.15) is 0 Å². The van der Waals surface area contributed by atoms with Crippen molar-refractivity contribution in [2.24, 2.45) is 5.73 Å². The molecule has 3 heteroatoms. The van der Waals surface area contributed by atoms with Crippen molar-refractivity contribution in [3.63, 3.8) is 0 Å². The smallest absolute Gasteiger partial charge is 0.0737 e. The van der Waals surface area contributed by atoms with Crippen molar-refractivity contribution < 1.29 is 0 Å². The van der Waals surface area contributed by atoms with Crippen LogP contribution >= 0.6 is 0 Å². The summed E-state index contributed by atoms with van der Waals surface area (Å²) >= 11 is 0. The van der Waals surface area contributed by atoms with Gasteiger partial charge in [-0.1, -0.05) is 134 Å². The molecule has 0 spiro atoms. The van der Waals surface area contributed by atoms with Crippen molar-refractivity contribution in [3.8, 4) is 39.2 Å². The number of hydrogen-bond donors (Lipinski definition) is 1. The Morgan fingerprint density at radius 3 is 2.14 bits per heavy atom. The minimum atomic E-state index is 0.754. The van der Waals surface area contributed by atoms with Crippen LogP contribution in [0.3, 0.4) is 0 Å². The van der Waals surface area contributed by atoms with Crippen LogP contribution in [0.1, 0.15) is 18.1 Å². The van der Waals surface area contributed by atoms with Gasteiger partial charge in [-0.2, -0.15) is 0 Å². The molecule has 0 unspecified atom stereocenters. The Morgan fingerprint density at radius 2 is 1.36 bits per heavy atom. The van der Waals surface area contributed by atoms with Gasteiger partial charge in [-0.3, -0.25) is 4.98 Å². The first kappa shape index (κ1) is 30.9. The maximum Gasteiger partial charge on any atom is 0.0737 e. The molecule has 2 heterocycles. The number of pyridine rings is 1. The van der Waals surface area contributed by atoms with E-state index in [1.54, 1.807) is 6.08 Å². The van der Waals surface area contributed by atoms with E-state index in [1.807, 2.05) is 37.4 Å². The second-order valence-electron chi connectivity index (χ2n) is 12.8. The van der Waals surface area contributed by atoms with Crippen LogP contribution in [0.4, 0.5) is 0 Å². The topological polar surface area (TPSA) is 43.8 Å². The molecule has 0 saturated carbocycles. The maximum atomic E-state index is 6.76. The first-order valence-electron chi connectivity index (χ1n) is 17.0. The molecule has 2 aromatic heterocycles. The standard InChI is InChI=1S/C47H37N3/c1-4-5-14-31(2)45(48)41-20-11-9-18-37(41)35-23-26-40-43-27-24-34-29-33(38-19-10-12-21-42(38)46-32(3)15-13-28-49-46)22-25-39(34)47(43)50(44(40)30-35)36-16-7-6-8-17-36/h4-30H,1,48H2,2-3H3/b14-5-,45-31-. The molecule has 0 fully saturated rings. The van der Waals surface area contributed by atoms with Crippen molar-refractivity contribution in [2.45, 2.75) is 13.8 Å². The number of nitrogens with zero attached hydrogens (tertiary/aromatic N) is 2. The van der Waals surface area contributed by atoms with E-state index in [2.05, 4.69) is 145 Å². The van der Waals surface area contributed by atoms with Crippen molar-refractivity contribution in [3.05, 3.63) is 187 Å². The highest BCUT2D eigenvalue weighted by molar-refractivity contribution is 6.19. The molecule has 0 aliphatic carbocycles. The van der Waals surface area contributed by atoms with Gasteiger partial charge in [0.05, 0.1) is 16.7 Å². The molecule has 8 aromatic rings. The van der Waals surface area contributed by atoms with Gasteiger partial charge in [0.2, 0.25) is 0 Å². The minimum absolute atomic E-state index is 0.754. The molecule has 0 amide bonds. The van der Waals surface area contributed by atoms with Crippen LogP contribution in [-0.4, -0.2) is 9.55 Å². The lowest BCUT2D eigenvalue weighted by Gasteiger charge is -2.14. The van der Waals surface area contributed by atoms with Crippen LogP contribution in [0.25, 0.3) is 77.5 Å². The van der Waals surface area contributed by atoms with Gasteiger partial charge in [-0.15, -0.1) is 0 Å². The summed E-state index contributed by atoms with van der Waals surface area (Å²) in [6, 6.07) is 49.9. The average Bonchev–Trinajstić information content (AvgIpc) is 3.51. The summed E-state index contributed by atoms with van der Waals surface area (Å²) in [6.45, 7) is 7.97. The lowest BCUT2D eigenvalue weighted by Crippen LogP contribution is -2.01. The first-order valence-corrected chi connectivity index (χ1v) is 17.0. The Bertz CT molecular complexity index is 2640. The summed E-state index contributed by atoms with van der Waals surface area (Å²) < 4.78 is 2.42. The maximum absolute atomic E-state index is 6.76. The number of para-hydroxylation sites is 1. The largest absolute Gasteiger partial charge is 0.398 e. The molecule has 3 nitrogen and oxygen atoms in total. The van der Waals surface area contributed by atoms with Crippen molar-refractivity contribution in [2.75, 3.05) is 0 Å². The van der Waals surface area contributed by atoms with E-state index in [-0.39, 0.29) is 0 Å². The fraction of sp³-hybridized carbons (Fsp3) is 0.0426. The van der Waals surface area contributed by atoms with Crippen molar-refractivity contribution in [1.82, 2.24) is 9.55 Å². The molecular weight excluding hydrogens is 607 g/mol. The summed E-state index contributed by atoms with van der Waals surface area (Å²) in [4.78, 5) is 4.75. The molecule has 50 heavy (non-hydrogen) atoms. The molecule has 240 valence electrons. The molecule has 0 atom stereocenters. The summed E-state index contributed by atoms with van der Waals surface area (Å²) in [5, 5.41) is 4.82. The molecule has 0 bridgehead atoms. The van der Waals surface area contributed by atoms with Crippen LogP contribution in [-0.2, 0) is 0 Å². The second kappa shape index (κ2) is 12.9. The van der Waals surface area contributed by atoms with Crippen molar-refractivity contribution in [1.29, 1.82) is 0 Å². The van der Waals surface area contributed by atoms with Crippen LogP contribution in [0.2, 0.25) is 0 Å². The SMILES string of the molecule is C=C/C=C\C(C)=C(/N)c1ccccc1-c1ccc2c3ccc4cc(-c5ccccc5-c5ncccc5C)ccc4c3n(-c3ccccc3)c2c1. The van der Waals surface area contributed by atoms with E-state index in [0.717, 1.165) is 56.0 Å². The molecule has 0 radical (unpaired) electrons. The quantitative estimate of drug-likeness (QED) is 0.176. The fourth-order valence-corrected chi connectivity index (χ4v) is 7.21. The second-order valence-corrected chi connectivity index (χ2v) is 12.8. The highest BCUT2D eigenvalue weighted by Crippen LogP contribution is 2.41. The number of hydrogen-bond acceptors (Lipinski definition) is 2. The van der Waals surface area contributed by atoms with E-state index < -0.39 is 0 Å². The average molecular weight is 644 g/mol. The normalized spacial score (nSPS) is 12.2. The number of nitrogens with two attached hydrogens (primary N) is 1. The third kappa shape index (κ3) is 5.30. The summed E-state index contributed by atoms with van der Waals surface area (Å²) in [5.41, 5.74) is 20.9. The Labute approximate surface area is 293 Å². The molecule has 0 aliphatic rings. The lowest BCUT2D eigenvalue weighted by atomic mass is 9.93. The van der Waals surface area contributed by atoms with Gasteiger partial charge in [0, 0.05) is 44.9 Å². The summed E-state index contributed by atoms with van der Waals surface area (Å²) in [6.07, 6.45) is 7.56. The van der Waals surface area contributed by atoms with Crippen LogP contribution in [0.15, 0.2) is 176 Å². The zero-order valence-electron chi connectivity index (χ0n) is 28.3. The highest BCUT2D eigenvalue weighted by atomic mass is 15.0. The van der Waals surface area contributed by atoms with Crippen molar-refractivity contribution >= 4 is 38.3 Å². The molecule has 8 rings (SSSR count). The Hall–Kier alpha value is -6.45. The Balaban J connectivity index is 1.35. The molecule has 6 aromatic carbocycles. The van der Waals surface area contributed by atoms with E-state index in [0.29, 0.717) is 0 Å². The summed E-state index contributed by atoms with van der Waals surface area (Å²) in [5.74, 6) is 0.